The Morgan fingerprint density at radius 3 is 2.65 bits per heavy atom. The molecule has 120 valence electrons. The number of benzene rings is 2. The first-order valence-electron chi connectivity index (χ1n) is 6.80. The molecule has 0 radical (unpaired) electrons. The highest BCUT2D eigenvalue weighted by Gasteiger charge is 2.07. The summed E-state index contributed by atoms with van der Waals surface area (Å²) in [6.45, 7) is 2.00. The number of hydrogen-bond acceptors (Lipinski definition) is 3. The van der Waals surface area contributed by atoms with E-state index in [1.807, 2.05) is 37.3 Å². The minimum Gasteiger partial charge on any atom is -0.506 e. The lowest BCUT2D eigenvalue weighted by Crippen LogP contribution is -2.34. The number of hydrogen-bond donors (Lipinski definition) is 3. The summed E-state index contributed by atoms with van der Waals surface area (Å²) in [5, 5.41) is 17.9. The minimum absolute atomic E-state index is 0.0421. The van der Waals surface area contributed by atoms with Gasteiger partial charge < -0.3 is 10.4 Å². The molecular formula is C16H15Cl2N3OS. The summed E-state index contributed by atoms with van der Waals surface area (Å²) in [5.41, 5.74) is 4.20. The zero-order chi connectivity index (χ0) is 16.8. The van der Waals surface area contributed by atoms with Gasteiger partial charge in [0.1, 0.15) is 5.75 Å². The van der Waals surface area contributed by atoms with Crippen molar-refractivity contribution in [2.45, 2.75) is 13.0 Å². The van der Waals surface area contributed by atoms with Crippen LogP contribution in [0.25, 0.3) is 0 Å². The number of hydrazone groups is 1. The van der Waals surface area contributed by atoms with E-state index in [0.29, 0.717) is 15.7 Å². The molecule has 0 saturated carbocycles. The smallest absolute Gasteiger partial charge is 0.187 e. The molecule has 7 heteroatoms. The van der Waals surface area contributed by atoms with E-state index in [9.17, 15) is 5.11 Å². The number of phenolic OH excluding ortho intramolecular Hbond substituents is 1. The Morgan fingerprint density at radius 2 is 1.96 bits per heavy atom. The molecule has 0 fully saturated rings. The number of thiocarbonyl (C=S) groups is 1. The Morgan fingerprint density at radius 1 is 1.26 bits per heavy atom. The Kier molecular flexibility index (Phi) is 6.21. The lowest BCUT2D eigenvalue weighted by atomic mass is 10.1. The van der Waals surface area contributed by atoms with E-state index in [-0.39, 0.29) is 16.8 Å². The van der Waals surface area contributed by atoms with Gasteiger partial charge in [0.2, 0.25) is 0 Å². The molecule has 23 heavy (non-hydrogen) atoms. The number of aromatic hydroxyl groups is 1. The molecule has 2 aromatic carbocycles. The third kappa shape index (κ3) is 5.10. The van der Waals surface area contributed by atoms with Crippen LogP contribution in [0.4, 0.5) is 0 Å². The average Bonchev–Trinajstić information content (AvgIpc) is 2.52. The summed E-state index contributed by atoms with van der Waals surface area (Å²) >= 11 is 16.9. The van der Waals surface area contributed by atoms with Crippen LogP contribution in [0.1, 0.15) is 24.1 Å². The maximum atomic E-state index is 9.82. The van der Waals surface area contributed by atoms with Crippen molar-refractivity contribution >= 4 is 46.7 Å². The average molecular weight is 368 g/mol. The van der Waals surface area contributed by atoms with Gasteiger partial charge >= 0.3 is 0 Å². The number of nitrogens with one attached hydrogen (secondary N) is 2. The molecule has 3 N–H and O–H groups in total. The number of halogens is 2. The van der Waals surface area contributed by atoms with E-state index < -0.39 is 0 Å². The zero-order valence-electron chi connectivity index (χ0n) is 12.3. The van der Waals surface area contributed by atoms with E-state index in [0.717, 1.165) is 5.56 Å². The van der Waals surface area contributed by atoms with Crippen LogP contribution >= 0.6 is 35.4 Å². The molecule has 0 aliphatic heterocycles. The van der Waals surface area contributed by atoms with Gasteiger partial charge in [-0.15, -0.1) is 0 Å². The largest absolute Gasteiger partial charge is 0.506 e. The summed E-state index contributed by atoms with van der Waals surface area (Å²) in [6, 6.07) is 13.0. The van der Waals surface area contributed by atoms with E-state index >= 15 is 0 Å². The third-order valence-corrected chi connectivity index (χ3v) is 3.79. The lowest BCUT2D eigenvalue weighted by molar-refractivity contribution is 0.474. The second-order valence-electron chi connectivity index (χ2n) is 4.80. The summed E-state index contributed by atoms with van der Waals surface area (Å²) in [7, 11) is 0. The normalized spacial score (nSPS) is 12.1. The van der Waals surface area contributed by atoms with Gasteiger partial charge in [-0.25, -0.2) is 0 Å². The maximum Gasteiger partial charge on any atom is 0.187 e. The van der Waals surface area contributed by atoms with Crippen LogP contribution < -0.4 is 10.7 Å². The fourth-order valence-corrected chi connectivity index (χ4v) is 2.64. The Labute approximate surface area is 150 Å². The fourth-order valence-electron chi connectivity index (χ4n) is 1.90. The van der Waals surface area contributed by atoms with Crippen LogP contribution in [0.15, 0.2) is 47.6 Å². The highest BCUT2D eigenvalue weighted by molar-refractivity contribution is 7.80. The molecular weight excluding hydrogens is 353 g/mol. The van der Waals surface area contributed by atoms with Crippen molar-refractivity contribution in [1.82, 2.24) is 10.7 Å². The molecule has 0 saturated heterocycles. The zero-order valence-corrected chi connectivity index (χ0v) is 14.6. The first-order chi connectivity index (χ1) is 11.0. The Hall–Kier alpha value is -1.82. The lowest BCUT2D eigenvalue weighted by Gasteiger charge is -2.15. The van der Waals surface area contributed by atoms with E-state index in [1.165, 1.54) is 12.3 Å². The Balaban J connectivity index is 1.94. The van der Waals surface area contributed by atoms with Gasteiger partial charge in [-0.3, -0.25) is 5.43 Å². The summed E-state index contributed by atoms with van der Waals surface area (Å²) < 4.78 is 0. The van der Waals surface area contributed by atoms with Gasteiger partial charge in [-0.1, -0.05) is 53.5 Å². The van der Waals surface area contributed by atoms with Crippen molar-refractivity contribution in [2.75, 3.05) is 0 Å². The molecule has 4 nitrogen and oxygen atoms in total. The topological polar surface area (TPSA) is 56.7 Å². The summed E-state index contributed by atoms with van der Waals surface area (Å²) in [4.78, 5) is 0. The van der Waals surface area contributed by atoms with Crippen LogP contribution in [-0.2, 0) is 0 Å². The van der Waals surface area contributed by atoms with E-state index in [2.05, 4.69) is 15.8 Å². The second-order valence-corrected chi connectivity index (χ2v) is 6.05. The standard InChI is InChI=1S/C16H15Cl2N3OS/c1-10(11-5-3-2-4-6-11)20-16(23)21-19-9-12-7-13(17)8-14(18)15(12)22/h2-10,22H,1H3,(H2,20,21,23)/b19-9-. The number of nitrogens with zero attached hydrogens (tertiary/aromatic N) is 1. The van der Waals surface area contributed by atoms with Crippen molar-refractivity contribution in [3.05, 3.63) is 63.6 Å². The molecule has 0 bridgehead atoms. The van der Waals surface area contributed by atoms with Crippen molar-refractivity contribution in [3.63, 3.8) is 0 Å². The fraction of sp³-hybridized carbons (Fsp3) is 0.125. The van der Waals surface area contributed by atoms with Crippen LogP contribution in [0.5, 0.6) is 5.75 Å². The summed E-state index contributed by atoms with van der Waals surface area (Å²) in [5.74, 6) is -0.0850. The molecule has 0 amide bonds. The van der Waals surface area contributed by atoms with E-state index in [4.69, 9.17) is 35.4 Å². The van der Waals surface area contributed by atoms with Crippen LogP contribution in [0, 0.1) is 0 Å². The molecule has 1 atom stereocenters. The SMILES string of the molecule is CC(NC(=S)N/N=C\c1cc(Cl)cc(Cl)c1O)c1ccccc1. The van der Waals surface area contributed by atoms with Crippen LogP contribution in [0.2, 0.25) is 10.0 Å². The number of rotatable bonds is 4. The highest BCUT2D eigenvalue weighted by Crippen LogP contribution is 2.29. The van der Waals surface area contributed by atoms with Crippen molar-refractivity contribution in [2.24, 2.45) is 5.10 Å². The van der Waals surface area contributed by atoms with Gasteiger partial charge in [0.05, 0.1) is 17.3 Å². The van der Waals surface area contributed by atoms with Crippen molar-refractivity contribution in [1.29, 1.82) is 0 Å². The second kappa shape index (κ2) is 8.15. The first-order valence-corrected chi connectivity index (χ1v) is 7.96. The van der Waals surface area contributed by atoms with Crippen molar-refractivity contribution in [3.8, 4) is 5.75 Å². The third-order valence-electron chi connectivity index (χ3n) is 3.07. The highest BCUT2D eigenvalue weighted by atomic mass is 35.5. The Bertz CT molecular complexity index is 723. The molecule has 0 aliphatic carbocycles. The molecule has 0 aliphatic rings. The molecule has 2 rings (SSSR count). The van der Waals surface area contributed by atoms with E-state index in [1.54, 1.807) is 6.07 Å². The number of phenols is 1. The predicted molar refractivity (Wildman–Crippen MR) is 99.4 cm³/mol. The van der Waals surface area contributed by atoms with Crippen LogP contribution in [-0.4, -0.2) is 16.4 Å². The maximum absolute atomic E-state index is 9.82. The van der Waals surface area contributed by atoms with Crippen molar-refractivity contribution < 1.29 is 5.11 Å². The molecule has 0 spiro atoms. The summed E-state index contributed by atoms with van der Waals surface area (Å²) in [6.07, 6.45) is 1.40. The molecule has 1 unspecified atom stereocenters. The van der Waals surface area contributed by atoms with Gasteiger partial charge in [-0.05, 0) is 36.8 Å². The monoisotopic (exact) mass is 367 g/mol. The van der Waals surface area contributed by atoms with Gasteiger partial charge in [0.25, 0.3) is 0 Å². The molecule has 0 heterocycles. The van der Waals surface area contributed by atoms with Gasteiger partial charge in [0, 0.05) is 10.6 Å². The molecule has 2 aromatic rings. The quantitative estimate of drug-likeness (QED) is 0.429. The van der Waals surface area contributed by atoms with Gasteiger partial charge in [-0.2, -0.15) is 5.10 Å². The molecule has 0 aromatic heterocycles. The van der Waals surface area contributed by atoms with Gasteiger partial charge in [0.15, 0.2) is 5.11 Å². The predicted octanol–water partition coefficient (Wildman–Crippen LogP) is 4.26. The van der Waals surface area contributed by atoms with Crippen LogP contribution in [0.3, 0.4) is 0 Å². The first kappa shape index (κ1) is 17.5. The minimum atomic E-state index is -0.0850.